The van der Waals surface area contributed by atoms with Crippen molar-refractivity contribution >= 4 is 23.1 Å². The van der Waals surface area contributed by atoms with Gasteiger partial charge in [0, 0.05) is 17.0 Å². The molecule has 4 heteroatoms. The molecule has 2 aromatic carbocycles. The van der Waals surface area contributed by atoms with Crippen molar-refractivity contribution < 1.29 is 19.2 Å². The van der Waals surface area contributed by atoms with Gasteiger partial charge in [0.15, 0.2) is 11.6 Å². The van der Waals surface area contributed by atoms with Gasteiger partial charge in [-0.05, 0) is 19.4 Å². The van der Waals surface area contributed by atoms with Gasteiger partial charge in [0.05, 0.1) is 11.8 Å². The van der Waals surface area contributed by atoms with E-state index in [0.717, 1.165) is 0 Å². The highest BCUT2D eigenvalue weighted by atomic mass is 16.2. The summed E-state index contributed by atoms with van der Waals surface area (Å²) in [6, 6.07) is 15.5. The van der Waals surface area contributed by atoms with E-state index in [1.165, 1.54) is 13.8 Å². The van der Waals surface area contributed by atoms with E-state index >= 15 is 0 Å². The molecule has 4 nitrogen and oxygen atoms in total. The molecule has 1 aliphatic rings. The topological polar surface area (TPSA) is 68.3 Å². The van der Waals surface area contributed by atoms with Crippen molar-refractivity contribution in [3.63, 3.8) is 0 Å². The van der Waals surface area contributed by atoms with Crippen molar-refractivity contribution in [1.82, 2.24) is 0 Å². The Bertz CT molecular complexity index is 817. The molecule has 126 valence electrons. The second-order valence-electron chi connectivity index (χ2n) is 6.39. The Labute approximate surface area is 145 Å². The summed E-state index contributed by atoms with van der Waals surface area (Å²) < 4.78 is 0. The van der Waals surface area contributed by atoms with Crippen LogP contribution in [0.4, 0.5) is 0 Å². The van der Waals surface area contributed by atoms with Crippen molar-refractivity contribution in [2.45, 2.75) is 19.8 Å². The Balaban J connectivity index is 2.17. The van der Waals surface area contributed by atoms with E-state index in [1.807, 2.05) is 6.07 Å². The maximum atomic E-state index is 12.9. The van der Waals surface area contributed by atoms with Gasteiger partial charge in [0.1, 0.15) is 11.6 Å². The summed E-state index contributed by atoms with van der Waals surface area (Å²) in [6.45, 7) is 2.66. The van der Waals surface area contributed by atoms with Crippen LogP contribution in [0, 0.1) is 11.8 Å². The predicted molar refractivity (Wildman–Crippen MR) is 92.6 cm³/mol. The minimum atomic E-state index is -1.04. The van der Waals surface area contributed by atoms with E-state index in [4.69, 9.17) is 0 Å². The summed E-state index contributed by atoms with van der Waals surface area (Å²) in [6.07, 6.45) is 0. The molecule has 3 rings (SSSR count). The van der Waals surface area contributed by atoms with Gasteiger partial charge in [-0.3, -0.25) is 19.2 Å². The van der Waals surface area contributed by atoms with Crippen LogP contribution >= 0.6 is 0 Å². The van der Waals surface area contributed by atoms with Gasteiger partial charge >= 0.3 is 0 Å². The summed E-state index contributed by atoms with van der Waals surface area (Å²) in [5, 5.41) is 0. The van der Waals surface area contributed by atoms with Crippen molar-refractivity contribution in [3.05, 3.63) is 71.3 Å². The highest BCUT2D eigenvalue weighted by Crippen LogP contribution is 2.41. The predicted octanol–water partition coefficient (Wildman–Crippen LogP) is 3.26. The molecular formula is C21H18O4. The van der Waals surface area contributed by atoms with E-state index in [-0.39, 0.29) is 23.1 Å². The highest BCUT2D eigenvalue weighted by molar-refractivity contribution is 6.27. The number of carbonyl (C=O) groups is 4. The molecule has 0 aliphatic heterocycles. The van der Waals surface area contributed by atoms with E-state index in [9.17, 15) is 19.2 Å². The maximum absolute atomic E-state index is 12.9. The largest absolute Gasteiger partial charge is 0.299 e. The van der Waals surface area contributed by atoms with Crippen molar-refractivity contribution in [3.8, 4) is 0 Å². The fraction of sp³-hybridized carbons (Fsp3) is 0.238. The molecule has 0 radical (unpaired) electrons. The second-order valence-corrected chi connectivity index (χ2v) is 6.39. The Hall–Kier alpha value is -2.88. The first-order valence-corrected chi connectivity index (χ1v) is 8.16. The zero-order chi connectivity index (χ0) is 18.1. The van der Waals surface area contributed by atoms with Gasteiger partial charge in [-0.15, -0.1) is 0 Å². The Morgan fingerprint density at radius 3 is 1.64 bits per heavy atom. The number of carbonyl (C=O) groups excluding carboxylic acids is 4. The average Bonchev–Trinajstić information content (AvgIpc) is 2.84. The number of benzene rings is 2. The fourth-order valence-electron chi connectivity index (χ4n) is 3.74. The number of fused-ring (bicyclic) bond motifs is 1. The molecule has 25 heavy (non-hydrogen) atoms. The number of rotatable bonds is 5. The zero-order valence-corrected chi connectivity index (χ0v) is 14.1. The summed E-state index contributed by atoms with van der Waals surface area (Å²) in [4.78, 5) is 50.3. The highest BCUT2D eigenvalue weighted by Gasteiger charge is 2.48. The Morgan fingerprint density at radius 1 is 0.760 bits per heavy atom. The second kappa shape index (κ2) is 6.55. The number of hydrogen-bond acceptors (Lipinski definition) is 4. The van der Waals surface area contributed by atoms with Gasteiger partial charge in [-0.2, -0.15) is 0 Å². The molecule has 0 N–H and O–H groups in total. The third-order valence-electron chi connectivity index (χ3n) is 4.80. The summed E-state index contributed by atoms with van der Waals surface area (Å²) in [5.41, 5.74) is 1.38. The average molecular weight is 334 g/mol. The molecule has 0 unspecified atom stereocenters. The van der Waals surface area contributed by atoms with Crippen LogP contribution < -0.4 is 0 Å². The van der Waals surface area contributed by atoms with Crippen LogP contribution in [0.1, 0.15) is 46.0 Å². The van der Waals surface area contributed by atoms with Crippen LogP contribution in [0.2, 0.25) is 0 Å². The number of hydrogen-bond donors (Lipinski definition) is 0. The van der Waals surface area contributed by atoms with E-state index in [0.29, 0.717) is 16.7 Å². The molecule has 1 atom stereocenters. The standard InChI is InChI=1S/C21H18O4/c1-12(22)17(13(2)23)18(14-8-4-3-5-9-14)19-20(24)15-10-6-7-11-16(15)21(19)25/h3-11,17-19H,1-2H3/t18-/m1/s1. The fourth-order valence-corrected chi connectivity index (χ4v) is 3.74. The minimum absolute atomic E-state index is 0.318. The first-order chi connectivity index (χ1) is 11.9. The lowest BCUT2D eigenvalue weighted by molar-refractivity contribution is -0.131. The smallest absolute Gasteiger partial charge is 0.175 e. The van der Waals surface area contributed by atoms with Gasteiger partial charge in [0.2, 0.25) is 0 Å². The lowest BCUT2D eigenvalue weighted by atomic mass is 9.72. The van der Waals surface area contributed by atoms with Gasteiger partial charge in [-0.1, -0.05) is 54.6 Å². The summed E-state index contributed by atoms with van der Waals surface area (Å²) in [5.74, 6) is -4.16. The molecule has 0 fully saturated rings. The molecule has 1 aliphatic carbocycles. The Morgan fingerprint density at radius 2 is 1.20 bits per heavy atom. The van der Waals surface area contributed by atoms with Crippen LogP contribution in [0.25, 0.3) is 0 Å². The molecular weight excluding hydrogens is 316 g/mol. The number of ketones is 4. The minimum Gasteiger partial charge on any atom is -0.299 e. The van der Waals surface area contributed by atoms with Crippen LogP contribution in [0.15, 0.2) is 54.6 Å². The summed E-state index contributed by atoms with van der Waals surface area (Å²) in [7, 11) is 0. The third kappa shape index (κ3) is 2.84. The lowest BCUT2D eigenvalue weighted by Crippen LogP contribution is -2.36. The van der Waals surface area contributed by atoms with Crippen LogP contribution in [0.5, 0.6) is 0 Å². The molecule has 0 aromatic heterocycles. The van der Waals surface area contributed by atoms with Crippen molar-refractivity contribution in [2.24, 2.45) is 11.8 Å². The van der Waals surface area contributed by atoms with Gasteiger partial charge < -0.3 is 0 Å². The normalized spacial score (nSPS) is 15.3. The third-order valence-corrected chi connectivity index (χ3v) is 4.80. The molecule has 0 spiro atoms. The SMILES string of the molecule is CC(=O)C(C(C)=O)[C@@H](c1ccccc1)C1C(=O)c2ccccc2C1=O. The molecule has 0 amide bonds. The van der Waals surface area contributed by atoms with E-state index in [2.05, 4.69) is 0 Å². The molecule has 0 heterocycles. The van der Waals surface area contributed by atoms with Crippen molar-refractivity contribution in [1.29, 1.82) is 0 Å². The van der Waals surface area contributed by atoms with Crippen LogP contribution in [0.3, 0.4) is 0 Å². The molecule has 0 bridgehead atoms. The van der Waals surface area contributed by atoms with Crippen LogP contribution in [-0.4, -0.2) is 23.1 Å². The number of Topliss-reactive ketones (excluding diaryl/α,β-unsaturated/α-hetero) is 4. The van der Waals surface area contributed by atoms with E-state index in [1.54, 1.807) is 48.5 Å². The lowest BCUT2D eigenvalue weighted by Gasteiger charge is -2.27. The quantitative estimate of drug-likeness (QED) is 0.787. The van der Waals surface area contributed by atoms with Crippen molar-refractivity contribution in [2.75, 3.05) is 0 Å². The monoisotopic (exact) mass is 334 g/mol. The first-order valence-electron chi connectivity index (χ1n) is 8.16. The zero-order valence-electron chi connectivity index (χ0n) is 14.1. The summed E-state index contributed by atoms with van der Waals surface area (Å²) >= 11 is 0. The van der Waals surface area contributed by atoms with E-state index < -0.39 is 17.8 Å². The van der Waals surface area contributed by atoms with Gasteiger partial charge in [-0.25, -0.2) is 0 Å². The Kier molecular flexibility index (Phi) is 4.45. The molecule has 2 aromatic rings. The molecule has 0 saturated carbocycles. The first kappa shape index (κ1) is 17.0. The maximum Gasteiger partial charge on any atom is 0.175 e. The van der Waals surface area contributed by atoms with Crippen LogP contribution in [-0.2, 0) is 9.59 Å². The van der Waals surface area contributed by atoms with Gasteiger partial charge in [0.25, 0.3) is 0 Å². The molecule has 0 saturated heterocycles.